The zero-order valence-corrected chi connectivity index (χ0v) is 12.2. The highest BCUT2D eigenvalue weighted by molar-refractivity contribution is 5.94. The zero-order chi connectivity index (χ0) is 15.5. The molecule has 1 aromatic carbocycles. The minimum atomic E-state index is -0.0733. The van der Waals surface area contributed by atoms with Gasteiger partial charge in [-0.05, 0) is 25.1 Å². The predicted octanol–water partition coefficient (Wildman–Crippen LogP) is 2.17. The average Bonchev–Trinajstić information content (AvgIpc) is 2.51. The summed E-state index contributed by atoms with van der Waals surface area (Å²) in [6, 6.07) is 12.8. The van der Waals surface area contributed by atoms with Crippen molar-refractivity contribution in [3.05, 3.63) is 59.3 Å². The molecule has 3 rings (SSSR count). The number of carbonyl (C=O) groups is 1. The molecule has 0 N–H and O–H groups in total. The maximum atomic E-state index is 12.2. The van der Waals surface area contributed by atoms with Crippen molar-refractivity contribution in [1.82, 2.24) is 9.88 Å². The molecule has 0 unspecified atom stereocenters. The van der Waals surface area contributed by atoms with Crippen molar-refractivity contribution < 1.29 is 9.53 Å². The monoisotopic (exact) mass is 293 g/mol. The molecule has 5 nitrogen and oxygen atoms in total. The summed E-state index contributed by atoms with van der Waals surface area (Å²) >= 11 is 0. The van der Waals surface area contributed by atoms with Crippen molar-refractivity contribution >= 4 is 5.91 Å². The number of hydrogen-bond acceptors (Lipinski definition) is 4. The second-order valence-electron chi connectivity index (χ2n) is 5.31. The fraction of sp³-hybridized carbons (Fsp3) is 0.235. The van der Waals surface area contributed by atoms with Crippen LogP contribution >= 0.6 is 0 Å². The minimum Gasteiger partial charge on any atom is -0.471 e. The van der Waals surface area contributed by atoms with Gasteiger partial charge in [-0.2, -0.15) is 5.26 Å². The van der Waals surface area contributed by atoms with E-state index in [0.29, 0.717) is 30.1 Å². The molecule has 2 aromatic rings. The number of nitriles is 1. The molecule has 0 atom stereocenters. The van der Waals surface area contributed by atoms with Crippen LogP contribution < -0.4 is 4.74 Å². The van der Waals surface area contributed by atoms with E-state index in [2.05, 4.69) is 4.98 Å². The fourth-order valence-corrected chi connectivity index (χ4v) is 2.27. The first-order chi connectivity index (χ1) is 10.7. The van der Waals surface area contributed by atoms with E-state index < -0.39 is 0 Å². The number of benzene rings is 1. The van der Waals surface area contributed by atoms with Gasteiger partial charge in [0.2, 0.25) is 5.88 Å². The summed E-state index contributed by atoms with van der Waals surface area (Å²) in [4.78, 5) is 18.1. The van der Waals surface area contributed by atoms with Crippen molar-refractivity contribution in [1.29, 1.82) is 5.26 Å². The van der Waals surface area contributed by atoms with Gasteiger partial charge in [0.1, 0.15) is 6.10 Å². The van der Waals surface area contributed by atoms with Gasteiger partial charge in [0.15, 0.2) is 0 Å². The molecule has 1 aliphatic rings. The van der Waals surface area contributed by atoms with E-state index in [1.54, 1.807) is 23.2 Å². The predicted molar refractivity (Wildman–Crippen MR) is 80.5 cm³/mol. The summed E-state index contributed by atoms with van der Waals surface area (Å²) in [5, 5.41) is 8.84. The standard InChI is InChI=1S/C17H15N3O2/c1-12-2-4-14(5-3-12)17(21)20-10-15(11-20)22-16-8-13(9-18)6-7-19-16/h2-8,15H,10-11H2,1H3. The Kier molecular flexibility index (Phi) is 3.75. The fourth-order valence-electron chi connectivity index (χ4n) is 2.27. The summed E-state index contributed by atoms with van der Waals surface area (Å²) < 4.78 is 5.67. The normalized spacial score (nSPS) is 14.1. The second-order valence-corrected chi connectivity index (χ2v) is 5.31. The number of nitrogens with zero attached hydrogens (tertiary/aromatic N) is 3. The largest absolute Gasteiger partial charge is 0.471 e. The minimum absolute atomic E-state index is 0.0126. The van der Waals surface area contributed by atoms with Gasteiger partial charge in [-0.3, -0.25) is 4.79 Å². The Bertz CT molecular complexity index is 728. The molecule has 0 bridgehead atoms. The number of likely N-dealkylation sites (tertiary alicyclic amines) is 1. The number of pyridine rings is 1. The maximum Gasteiger partial charge on any atom is 0.254 e. The summed E-state index contributed by atoms with van der Waals surface area (Å²) in [5.41, 5.74) is 2.33. The SMILES string of the molecule is Cc1ccc(C(=O)N2CC(Oc3cc(C#N)ccn3)C2)cc1. The number of hydrogen-bond donors (Lipinski definition) is 0. The number of amides is 1. The molecular weight excluding hydrogens is 278 g/mol. The molecule has 1 aromatic heterocycles. The van der Waals surface area contributed by atoms with Crippen molar-refractivity contribution in [2.75, 3.05) is 13.1 Å². The Balaban J connectivity index is 1.56. The highest BCUT2D eigenvalue weighted by atomic mass is 16.5. The molecule has 1 aliphatic heterocycles. The van der Waals surface area contributed by atoms with E-state index in [9.17, 15) is 4.79 Å². The Hall–Kier alpha value is -2.87. The molecular formula is C17H15N3O2. The molecule has 0 aliphatic carbocycles. The average molecular weight is 293 g/mol. The lowest BCUT2D eigenvalue weighted by molar-refractivity contribution is 0.0160. The van der Waals surface area contributed by atoms with Gasteiger partial charge in [0, 0.05) is 17.8 Å². The highest BCUT2D eigenvalue weighted by Crippen LogP contribution is 2.19. The van der Waals surface area contributed by atoms with Crippen LogP contribution in [0.3, 0.4) is 0 Å². The molecule has 110 valence electrons. The zero-order valence-electron chi connectivity index (χ0n) is 12.2. The maximum absolute atomic E-state index is 12.2. The van der Waals surface area contributed by atoms with Gasteiger partial charge >= 0.3 is 0 Å². The van der Waals surface area contributed by atoms with Gasteiger partial charge < -0.3 is 9.64 Å². The van der Waals surface area contributed by atoms with Gasteiger partial charge in [-0.15, -0.1) is 0 Å². The molecule has 5 heteroatoms. The number of carbonyl (C=O) groups excluding carboxylic acids is 1. The Morgan fingerprint density at radius 1 is 1.32 bits per heavy atom. The third-order valence-corrected chi connectivity index (χ3v) is 3.59. The first kappa shape index (κ1) is 14.1. The van der Waals surface area contributed by atoms with E-state index in [4.69, 9.17) is 10.00 Å². The van der Waals surface area contributed by atoms with Gasteiger partial charge in [0.05, 0.1) is 24.7 Å². The van der Waals surface area contributed by atoms with Crippen molar-refractivity contribution in [2.24, 2.45) is 0 Å². The van der Waals surface area contributed by atoms with Crippen molar-refractivity contribution in [2.45, 2.75) is 13.0 Å². The van der Waals surface area contributed by atoms with Crippen LogP contribution in [0.15, 0.2) is 42.6 Å². The van der Waals surface area contributed by atoms with Crippen molar-refractivity contribution in [3.8, 4) is 11.9 Å². The van der Waals surface area contributed by atoms with Gasteiger partial charge in [0.25, 0.3) is 5.91 Å². The Morgan fingerprint density at radius 3 is 2.73 bits per heavy atom. The number of aromatic nitrogens is 1. The molecule has 0 spiro atoms. The van der Waals surface area contributed by atoms with E-state index >= 15 is 0 Å². The molecule has 22 heavy (non-hydrogen) atoms. The van der Waals surface area contributed by atoms with Crippen LogP contribution in [0, 0.1) is 18.3 Å². The van der Waals surface area contributed by atoms with E-state index in [1.807, 2.05) is 37.3 Å². The van der Waals surface area contributed by atoms with Crippen LogP contribution in [0.1, 0.15) is 21.5 Å². The quantitative estimate of drug-likeness (QED) is 0.870. The van der Waals surface area contributed by atoms with E-state index in [0.717, 1.165) is 5.56 Å². The molecule has 1 amide bonds. The lowest BCUT2D eigenvalue weighted by Crippen LogP contribution is -2.56. The number of rotatable bonds is 3. The first-order valence-electron chi connectivity index (χ1n) is 7.04. The topological polar surface area (TPSA) is 66.2 Å². The lowest BCUT2D eigenvalue weighted by Gasteiger charge is -2.38. The van der Waals surface area contributed by atoms with Crippen molar-refractivity contribution in [3.63, 3.8) is 0 Å². The third kappa shape index (κ3) is 2.91. The lowest BCUT2D eigenvalue weighted by atomic mass is 10.1. The van der Waals surface area contributed by atoms with Crippen LogP contribution in [0.5, 0.6) is 5.88 Å². The van der Waals surface area contributed by atoms with Gasteiger partial charge in [-0.25, -0.2) is 4.98 Å². The van der Waals surface area contributed by atoms with Crippen LogP contribution in [0.4, 0.5) is 0 Å². The Morgan fingerprint density at radius 2 is 2.05 bits per heavy atom. The van der Waals surface area contributed by atoms with Crippen LogP contribution in [-0.4, -0.2) is 35.0 Å². The molecule has 2 heterocycles. The summed E-state index contributed by atoms with van der Waals surface area (Å²) in [7, 11) is 0. The summed E-state index contributed by atoms with van der Waals surface area (Å²) in [6.45, 7) is 3.06. The molecule has 0 saturated carbocycles. The second kappa shape index (κ2) is 5.86. The smallest absolute Gasteiger partial charge is 0.254 e. The molecule has 1 fully saturated rings. The van der Waals surface area contributed by atoms with E-state index in [1.165, 1.54) is 0 Å². The highest BCUT2D eigenvalue weighted by Gasteiger charge is 2.33. The van der Waals surface area contributed by atoms with Crippen LogP contribution in [0.2, 0.25) is 0 Å². The van der Waals surface area contributed by atoms with Crippen LogP contribution in [0.25, 0.3) is 0 Å². The van der Waals surface area contributed by atoms with Crippen LogP contribution in [-0.2, 0) is 0 Å². The van der Waals surface area contributed by atoms with Gasteiger partial charge in [-0.1, -0.05) is 17.7 Å². The Labute approximate surface area is 128 Å². The molecule has 1 saturated heterocycles. The van der Waals surface area contributed by atoms with E-state index in [-0.39, 0.29) is 12.0 Å². The summed E-state index contributed by atoms with van der Waals surface area (Å²) in [5.74, 6) is 0.435. The first-order valence-corrected chi connectivity index (χ1v) is 7.04. The number of ether oxygens (including phenoxy) is 1. The number of aryl methyl sites for hydroxylation is 1. The third-order valence-electron chi connectivity index (χ3n) is 3.59. The summed E-state index contributed by atoms with van der Waals surface area (Å²) in [6.07, 6.45) is 1.47. The molecule has 0 radical (unpaired) electrons.